The zero-order valence-electron chi connectivity index (χ0n) is 13.0. The van der Waals surface area contributed by atoms with E-state index in [1.807, 2.05) is 53.1 Å². The van der Waals surface area contributed by atoms with Crippen molar-refractivity contribution in [1.29, 1.82) is 0 Å². The molecule has 7 heteroatoms. The van der Waals surface area contributed by atoms with E-state index in [0.29, 0.717) is 18.1 Å². The van der Waals surface area contributed by atoms with E-state index >= 15 is 0 Å². The van der Waals surface area contributed by atoms with Crippen LogP contribution in [0.3, 0.4) is 0 Å². The third kappa shape index (κ3) is 2.36. The summed E-state index contributed by atoms with van der Waals surface area (Å²) in [5, 5.41) is 7.55. The van der Waals surface area contributed by atoms with Crippen LogP contribution >= 0.6 is 0 Å². The van der Waals surface area contributed by atoms with Crippen molar-refractivity contribution >= 4 is 16.9 Å². The zero-order valence-corrected chi connectivity index (χ0v) is 13.0. The van der Waals surface area contributed by atoms with Gasteiger partial charge >= 0.3 is 0 Å². The number of aromatic nitrogens is 4. The fraction of sp³-hybridized carbons (Fsp3) is 0.118. The van der Waals surface area contributed by atoms with E-state index in [1.165, 1.54) is 0 Å². The number of rotatable bonds is 4. The first-order valence-electron chi connectivity index (χ1n) is 7.43. The van der Waals surface area contributed by atoms with Crippen molar-refractivity contribution in [2.75, 3.05) is 12.8 Å². The average molecular weight is 321 g/mol. The molecule has 0 radical (unpaired) electrons. The van der Waals surface area contributed by atoms with E-state index in [4.69, 9.17) is 15.1 Å². The Balaban J connectivity index is 1.84. The normalized spacial score (nSPS) is 11.0. The van der Waals surface area contributed by atoms with Gasteiger partial charge in [-0.3, -0.25) is 0 Å². The Bertz CT molecular complexity index is 988. The molecule has 24 heavy (non-hydrogen) atoms. The molecule has 0 aliphatic rings. The van der Waals surface area contributed by atoms with Crippen LogP contribution in [0.15, 0.2) is 53.2 Å². The van der Waals surface area contributed by atoms with Gasteiger partial charge in [0.15, 0.2) is 17.3 Å². The molecule has 0 atom stereocenters. The number of hydrogen-bond donors (Lipinski definition) is 1. The maximum atomic E-state index is 5.86. The van der Waals surface area contributed by atoms with Crippen LogP contribution < -0.4 is 10.5 Å². The molecule has 4 aromatic rings. The summed E-state index contributed by atoms with van der Waals surface area (Å²) in [7, 11) is 1.65. The molecular weight excluding hydrogens is 306 g/mol. The molecule has 4 rings (SSSR count). The lowest BCUT2D eigenvalue weighted by Crippen LogP contribution is -2.03. The summed E-state index contributed by atoms with van der Waals surface area (Å²) < 4.78 is 12.0. The molecule has 0 spiro atoms. The van der Waals surface area contributed by atoms with Gasteiger partial charge in [0, 0.05) is 6.54 Å². The largest absolute Gasteiger partial charge is 0.497 e. The van der Waals surface area contributed by atoms with Gasteiger partial charge in [0.2, 0.25) is 0 Å². The van der Waals surface area contributed by atoms with Crippen molar-refractivity contribution in [3.8, 4) is 17.3 Å². The maximum Gasteiger partial charge on any atom is 0.199 e. The highest BCUT2D eigenvalue weighted by atomic mass is 16.6. The Kier molecular flexibility index (Phi) is 3.38. The first-order chi connectivity index (χ1) is 11.8. The molecule has 0 unspecified atom stereocenters. The van der Waals surface area contributed by atoms with Crippen LogP contribution in [-0.4, -0.2) is 27.0 Å². The van der Waals surface area contributed by atoms with Crippen molar-refractivity contribution in [3.63, 3.8) is 0 Å². The summed E-state index contributed by atoms with van der Waals surface area (Å²) in [6, 6.07) is 15.8. The Labute approximate surface area is 137 Å². The van der Waals surface area contributed by atoms with Crippen LogP contribution in [0.2, 0.25) is 0 Å². The lowest BCUT2D eigenvalue weighted by Gasteiger charge is -2.09. The number of benzene rings is 2. The van der Waals surface area contributed by atoms with Crippen LogP contribution in [0.25, 0.3) is 22.6 Å². The van der Waals surface area contributed by atoms with Gasteiger partial charge in [0.05, 0.1) is 18.1 Å². The smallest absolute Gasteiger partial charge is 0.199 e. The molecule has 120 valence electrons. The molecule has 0 aliphatic heterocycles. The highest BCUT2D eigenvalue weighted by Crippen LogP contribution is 2.27. The summed E-state index contributed by atoms with van der Waals surface area (Å²) in [6.45, 7) is 0.617. The molecule has 0 bridgehead atoms. The molecule has 0 saturated carbocycles. The third-order valence-electron chi connectivity index (χ3n) is 3.88. The lowest BCUT2D eigenvalue weighted by molar-refractivity contribution is 0.310. The highest BCUT2D eigenvalue weighted by Gasteiger charge is 2.19. The molecule has 0 fully saturated rings. The van der Waals surface area contributed by atoms with Crippen LogP contribution in [-0.2, 0) is 6.54 Å². The molecule has 7 nitrogen and oxygen atoms in total. The van der Waals surface area contributed by atoms with Gasteiger partial charge in [-0.05, 0) is 40.1 Å². The van der Waals surface area contributed by atoms with Gasteiger partial charge in [0.1, 0.15) is 5.75 Å². The Morgan fingerprint density at radius 2 is 1.88 bits per heavy atom. The standard InChI is InChI=1S/C17H15N5O2/c1-23-12-8-6-11(7-9-12)10-22-14-5-3-2-4-13(14)19-17(22)15-16(18)21-24-20-15/h2-9H,10H2,1H3,(H2,18,21). The predicted octanol–water partition coefficient (Wildman–Crippen LogP) is 2.73. The van der Waals surface area contributed by atoms with Crippen LogP contribution in [0.1, 0.15) is 5.56 Å². The Morgan fingerprint density at radius 3 is 2.58 bits per heavy atom. The van der Waals surface area contributed by atoms with Gasteiger partial charge in [-0.2, -0.15) is 0 Å². The summed E-state index contributed by atoms with van der Waals surface area (Å²) in [5.41, 5.74) is 9.26. The number of anilines is 1. The summed E-state index contributed by atoms with van der Waals surface area (Å²) in [4.78, 5) is 4.64. The molecule has 0 saturated heterocycles. The summed E-state index contributed by atoms with van der Waals surface area (Å²) >= 11 is 0. The minimum Gasteiger partial charge on any atom is -0.497 e. The quantitative estimate of drug-likeness (QED) is 0.621. The van der Waals surface area contributed by atoms with Gasteiger partial charge in [-0.15, -0.1) is 0 Å². The number of methoxy groups -OCH3 is 1. The third-order valence-corrected chi connectivity index (χ3v) is 3.88. The van der Waals surface area contributed by atoms with Crippen molar-refractivity contribution in [1.82, 2.24) is 19.9 Å². The number of nitrogens with zero attached hydrogens (tertiary/aromatic N) is 4. The molecule has 2 aromatic heterocycles. The minimum atomic E-state index is 0.223. The molecule has 2 N–H and O–H groups in total. The van der Waals surface area contributed by atoms with Crippen LogP contribution in [0.5, 0.6) is 5.75 Å². The molecule has 2 aromatic carbocycles. The second-order valence-corrected chi connectivity index (χ2v) is 5.36. The summed E-state index contributed by atoms with van der Waals surface area (Å²) in [5.74, 6) is 1.67. The Morgan fingerprint density at radius 1 is 1.08 bits per heavy atom. The van der Waals surface area contributed by atoms with E-state index in [9.17, 15) is 0 Å². The first kappa shape index (κ1) is 14.3. The first-order valence-corrected chi connectivity index (χ1v) is 7.43. The molecule has 0 aliphatic carbocycles. The molecule has 2 heterocycles. The second-order valence-electron chi connectivity index (χ2n) is 5.36. The van der Waals surface area contributed by atoms with E-state index in [0.717, 1.165) is 22.3 Å². The number of ether oxygens (including phenoxy) is 1. The number of imidazole rings is 1. The van der Waals surface area contributed by atoms with Crippen molar-refractivity contribution in [3.05, 3.63) is 54.1 Å². The fourth-order valence-electron chi connectivity index (χ4n) is 2.68. The van der Waals surface area contributed by atoms with E-state index in [-0.39, 0.29) is 5.82 Å². The fourth-order valence-corrected chi connectivity index (χ4v) is 2.68. The topological polar surface area (TPSA) is 92.0 Å². The van der Waals surface area contributed by atoms with Gasteiger partial charge in [-0.1, -0.05) is 24.3 Å². The second kappa shape index (κ2) is 5.69. The maximum absolute atomic E-state index is 5.86. The number of para-hydroxylation sites is 2. The number of nitrogens with two attached hydrogens (primary N) is 1. The number of fused-ring (bicyclic) bond motifs is 1. The number of nitrogen functional groups attached to an aromatic ring is 1. The lowest BCUT2D eigenvalue weighted by atomic mass is 10.2. The highest BCUT2D eigenvalue weighted by molar-refractivity contribution is 5.81. The zero-order chi connectivity index (χ0) is 16.5. The minimum absolute atomic E-state index is 0.223. The van der Waals surface area contributed by atoms with E-state index in [2.05, 4.69) is 15.3 Å². The molecular formula is C17H15N5O2. The van der Waals surface area contributed by atoms with E-state index < -0.39 is 0 Å². The SMILES string of the molecule is COc1ccc(Cn2c(-c3nonc3N)nc3ccccc32)cc1. The van der Waals surface area contributed by atoms with Crippen molar-refractivity contribution in [2.24, 2.45) is 0 Å². The van der Waals surface area contributed by atoms with Gasteiger partial charge in [-0.25, -0.2) is 9.61 Å². The van der Waals surface area contributed by atoms with Crippen LogP contribution in [0, 0.1) is 0 Å². The Hall–Kier alpha value is -3.35. The van der Waals surface area contributed by atoms with E-state index in [1.54, 1.807) is 7.11 Å². The molecule has 0 amide bonds. The van der Waals surface area contributed by atoms with Crippen LogP contribution in [0.4, 0.5) is 5.82 Å². The van der Waals surface area contributed by atoms with Gasteiger partial charge < -0.3 is 15.0 Å². The summed E-state index contributed by atoms with van der Waals surface area (Å²) in [6.07, 6.45) is 0. The van der Waals surface area contributed by atoms with Crippen molar-refractivity contribution < 1.29 is 9.37 Å². The van der Waals surface area contributed by atoms with Gasteiger partial charge in [0.25, 0.3) is 0 Å². The monoisotopic (exact) mass is 321 g/mol. The van der Waals surface area contributed by atoms with Crippen molar-refractivity contribution in [2.45, 2.75) is 6.54 Å². The number of hydrogen-bond acceptors (Lipinski definition) is 6. The average Bonchev–Trinajstić information content (AvgIpc) is 3.19. The predicted molar refractivity (Wildman–Crippen MR) is 89.5 cm³/mol.